The van der Waals surface area contributed by atoms with Gasteiger partial charge in [0.25, 0.3) is 0 Å². The number of hydrogen-bond donors (Lipinski definition) is 1. The zero-order valence-electron chi connectivity index (χ0n) is 22.7. The highest BCUT2D eigenvalue weighted by molar-refractivity contribution is 5.69. The smallest absolute Gasteiger partial charge is 0.435 e. The SMILES string of the molecule is CC(C)n1nc(C(F)(F)F)cc1-c1cc(F)ccc1Oc1cncnc1N1CCN(CC2(O)CCCCC2)CC1. The minimum atomic E-state index is -4.65. The fourth-order valence-corrected chi connectivity index (χ4v) is 5.56. The highest BCUT2D eigenvalue weighted by Gasteiger charge is 2.36. The third-order valence-electron chi connectivity index (χ3n) is 7.59. The Hall–Kier alpha value is -3.25. The van der Waals surface area contributed by atoms with E-state index in [1.165, 1.54) is 35.8 Å². The maximum atomic E-state index is 14.4. The van der Waals surface area contributed by atoms with Crippen LogP contribution in [0.3, 0.4) is 0 Å². The summed E-state index contributed by atoms with van der Waals surface area (Å²) in [7, 11) is 0. The summed E-state index contributed by atoms with van der Waals surface area (Å²) in [6.07, 6.45) is 3.19. The van der Waals surface area contributed by atoms with Gasteiger partial charge in [0.05, 0.1) is 17.5 Å². The molecule has 1 aromatic carbocycles. The molecule has 40 heavy (non-hydrogen) atoms. The van der Waals surface area contributed by atoms with Crippen molar-refractivity contribution in [2.24, 2.45) is 0 Å². The molecule has 1 saturated carbocycles. The molecular weight excluding hydrogens is 528 g/mol. The van der Waals surface area contributed by atoms with Gasteiger partial charge in [-0.05, 0) is 51.0 Å². The van der Waals surface area contributed by atoms with Crippen LogP contribution in [-0.4, -0.2) is 68.1 Å². The van der Waals surface area contributed by atoms with E-state index in [1.54, 1.807) is 13.8 Å². The molecule has 8 nitrogen and oxygen atoms in total. The summed E-state index contributed by atoms with van der Waals surface area (Å²) in [6.45, 7) is 6.82. The minimum Gasteiger partial charge on any atom is -0.451 e. The Balaban J connectivity index is 1.38. The van der Waals surface area contributed by atoms with E-state index in [4.69, 9.17) is 4.74 Å². The minimum absolute atomic E-state index is 0.0875. The Labute approximate surface area is 230 Å². The van der Waals surface area contributed by atoms with Crippen molar-refractivity contribution in [1.82, 2.24) is 24.6 Å². The van der Waals surface area contributed by atoms with Gasteiger partial charge in [-0.15, -0.1) is 0 Å². The number of benzene rings is 1. The van der Waals surface area contributed by atoms with Gasteiger partial charge in [-0.2, -0.15) is 18.3 Å². The maximum absolute atomic E-state index is 14.4. The number of alkyl halides is 3. The summed E-state index contributed by atoms with van der Waals surface area (Å²) in [5.41, 5.74) is -1.47. The standard InChI is InChI=1S/C28H34F4N6O2/c1-19(2)38-22(15-25(35-38)28(30,31)32)21-14-20(29)6-7-23(21)40-24-16-33-18-34-26(24)37-12-10-36(11-13-37)17-27(39)8-4-3-5-9-27/h6-7,14-16,18-19,39H,3-5,8-13,17H2,1-2H3. The summed E-state index contributed by atoms with van der Waals surface area (Å²) in [5.74, 6) is 0.384. The van der Waals surface area contributed by atoms with Crippen molar-refractivity contribution in [3.63, 3.8) is 0 Å². The monoisotopic (exact) mass is 562 g/mol. The summed E-state index contributed by atoms with van der Waals surface area (Å²) in [4.78, 5) is 12.9. The molecule has 0 amide bonds. The van der Waals surface area contributed by atoms with Gasteiger partial charge < -0.3 is 14.7 Å². The summed E-state index contributed by atoms with van der Waals surface area (Å²) >= 11 is 0. The second-order valence-electron chi connectivity index (χ2n) is 11.0. The molecule has 12 heteroatoms. The van der Waals surface area contributed by atoms with Gasteiger partial charge in [-0.1, -0.05) is 19.3 Å². The van der Waals surface area contributed by atoms with E-state index in [-0.39, 0.29) is 17.0 Å². The molecule has 3 heterocycles. The van der Waals surface area contributed by atoms with Gasteiger partial charge in [-0.3, -0.25) is 9.58 Å². The van der Waals surface area contributed by atoms with Crippen molar-refractivity contribution in [2.75, 3.05) is 37.6 Å². The number of nitrogens with zero attached hydrogens (tertiary/aromatic N) is 6. The molecule has 216 valence electrons. The molecule has 2 aliphatic rings. The second kappa shape index (κ2) is 11.3. The molecule has 0 atom stereocenters. The van der Waals surface area contributed by atoms with Crippen LogP contribution in [0.1, 0.15) is 57.7 Å². The number of ether oxygens (including phenoxy) is 1. The Kier molecular flexibility index (Phi) is 8.01. The van der Waals surface area contributed by atoms with Crippen LogP contribution in [-0.2, 0) is 6.18 Å². The van der Waals surface area contributed by atoms with E-state index in [2.05, 4.69) is 24.9 Å². The van der Waals surface area contributed by atoms with Crippen molar-refractivity contribution in [3.05, 3.63) is 48.3 Å². The molecule has 0 spiro atoms. The number of β-amino-alcohol motifs (C(OH)–C–C–N with tert-alkyl or cyclic N) is 1. The van der Waals surface area contributed by atoms with Crippen molar-refractivity contribution in [3.8, 4) is 22.8 Å². The lowest BCUT2D eigenvalue weighted by molar-refractivity contribution is -0.141. The highest BCUT2D eigenvalue weighted by atomic mass is 19.4. The van der Waals surface area contributed by atoms with Crippen LogP contribution < -0.4 is 9.64 Å². The normalized spacial score (nSPS) is 18.4. The van der Waals surface area contributed by atoms with Gasteiger partial charge in [0, 0.05) is 44.3 Å². The molecule has 1 N–H and O–H groups in total. The van der Waals surface area contributed by atoms with Gasteiger partial charge in [-0.25, -0.2) is 14.4 Å². The summed E-state index contributed by atoms with van der Waals surface area (Å²) in [6, 6.07) is 4.21. The van der Waals surface area contributed by atoms with Crippen molar-refractivity contribution >= 4 is 5.82 Å². The molecule has 5 rings (SSSR count). The number of piperazine rings is 1. The predicted molar refractivity (Wildman–Crippen MR) is 142 cm³/mol. The molecular formula is C28H34F4N6O2. The zero-order chi connectivity index (χ0) is 28.5. The maximum Gasteiger partial charge on any atom is 0.435 e. The molecule has 2 fully saturated rings. The number of aromatic nitrogens is 4. The topological polar surface area (TPSA) is 79.5 Å². The van der Waals surface area contributed by atoms with Crippen LogP contribution in [0.25, 0.3) is 11.3 Å². The van der Waals surface area contributed by atoms with Crippen LogP contribution in [0.2, 0.25) is 0 Å². The highest BCUT2D eigenvalue weighted by Crippen LogP contribution is 2.40. The van der Waals surface area contributed by atoms with Crippen molar-refractivity contribution in [1.29, 1.82) is 0 Å². The zero-order valence-corrected chi connectivity index (χ0v) is 22.7. The Bertz CT molecular complexity index is 1310. The van der Waals surface area contributed by atoms with E-state index in [9.17, 15) is 22.7 Å². The van der Waals surface area contributed by atoms with E-state index in [0.717, 1.165) is 50.9 Å². The third kappa shape index (κ3) is 6.22. The fraction of sp³-hybridized carbons (Fsp3) is 0.536. The van der Waals surface area contributed by atoms with Crippen LogP contribution in [0.4, 0.5) is 23.4 Å². The first kappa shape index (κ1) is 28.3. The van der Waals surface area contributed by atoms with Gasteiger partial charge >= 0.3 is 6.18 Å². The second-order valence-corrected chi connectivity index (χ2v) is 11.0. The Morgan fingerprint density at radius 3 is 2.42 bits per heavy atom. The van der Waals surface area contributed by atoms with Gasteiger partial charge in [0.15, 0.2) is 17.3 Å². The number of anilines is 1. The van der Waals surface area contributed by atoms with Crippen molar-refractivity contribution in [2.45, 2.75) is 63.8 Å². The van der Waals surface area contributed by atoms with E-state index in [0.29, 0.717) is 31.2 Å². The number of halogens is 4. The average Bonchev–Trinajstić information content (AvgIpc) is 3.38. The third-order valence-corrected chi connectivity index (χ3v) is 7.59. The predicted octanol–water partition coefficient (Wildman–Crippen LogP) is 5.69. The molecule has 1 aliphatic carbocycles. The fourth-order valence-electron chi connectivity index (χ4n) is 5.56. The molecule has 0 radical (unpaired) electrons. The van der Waals surface area contributed by atoms with Crippen LogP contribution in [0.15, 0.2) is 36.8 Å². The first-order valence-corrected chi connectivity index (χ1v) is 13.7. The average molecular weight is 563 g/mol. The van der Waals surface area contributed by atoms with Crippen LogP contribution >= 0.6 is 0 Å². The van der Waals surface area contributed by atoms with Gasteiger partial charge in [0.2, 0.25) is 0 Å². The van der Waals surface area contributed by atoms with Crippen LogP contribution in [0, 0.1) is 5.82 Å². The van der Waals surface area contributed by atoms with E-state index >= 15 is 0 Å². The molecule has 3 aromatic rings. The lowest BCUT2D eigenvalue weighted by Gasteiger charge is -2.41. The first-order chi connectivity index (χ1) is 19.0. The molecule has 2 aromatic heterocycles. The number of rotatable bonds is 7. The summed E-state index contributed by atoms with van der Waals surface area (Å²) < 4.78 is 62.3. The number of aliphatic hydroxyl groups is 1. The summed E-state index contributed by atoms with van der Waals surface area (Å²) in [5, 5.41) is 14.7. The lowest BCUT2D eigenvalue weighted by atomic mass is 9.84. The van der Waals surface area contributed by atoms with Crippen LogP contribution in [0.5, 0.6) is 11.5 Å². The molecule has 0 unspecified atom stereocenters. The van der Waals surface area contributed by atoms with E-state index in [1.807, 2.05) is 0 Å². The Morgan fingerprint density at radius 1 is 1.02 bits per heavy atom. The molecule has 1 aliphatic heterocycles. The quantitative estimate of drug-likeness (QED) is 0.371. The molecule has 0 bridgehead atoms. The van der Waals surface area contributed by atoms with Gasteiger partial charge in [0.1, 0.15) is 17.9 Å². The first-order valence-electron chi connectivity index (χ1n) is 13.7. The van der Waals surface area contributed by atoms with Crippen molar-refractivity contribution < 1.29 is 27.4 Å². The number of hydrogen-bond acceptors (Lipinski definition) is 7. The lowest BCUT2D eigenvalue weighted by Crippen LogP contribution is -2.52. The largest absolute Gasteiger partial charge is 0.451 e. The molecule has 1 saturated heterocycles. The van der Waals surface area contributed by atoms with E-state index < -0.39 is 29.3 Å². The Morgan fingerprint density at radius 2 is 1.75 bits per heavy atom.